The van der Waals surface area contributed by atoms with Gasteiger partial charge in [-0.05, 0) is 12.3 Å². The average Bonchev–Trinajstić information content (AvgIpc) is 2.05. The van der Waals surface area contributed by atoms with Crippen molar-refractivity contribution in [3.05, 3.63) is 0 Å². The second-order valence-corrected chi connectivity index (χ2v) is 3.15. The summed E-state index contributed by atoms with van der Waals surface area (Å²) in [5.41, 5.74) is 0. The number of hydrogen-bond donors (Lipinski definition) is 2. The van der Waals surface area contributed by atoms with Crippen LogP contribution in [0.4, 0.5) is 0 Å². The molecular weight excluding hydrogens is 172 g/mol. The first-order chi connectivity index (χ1) is 6.02. The van der Waals surface area contributed by atoms with Gasteiger partial charge >= 0.3 is 11.9 Å². The summed E-state index contributed by atoms with van der Waals surface area (Å²) in [6.07, 6.45) is 1.89. The van der Waals surface area contributed by atoms with E-state index in [1.165, 1.54) is 0 Å². The maximum atomic E-state index is 10.5. The average molecular weight is 188 g/mol. The minimum absolute atomic E-state index is 0.192. The molecule has 0 aliphatic rings. The lowest BCUT2D eigenvalue weighted by Crippen LogP contribution is -2.25. The van der Waals surface area contributed by atoms with E-state index in [4.69, 9.17) is 10.2 Å². The Morgan fingerprint density at radius 3 is 1.69 bits per heavy atom. The summed E-state index contributed by atoms with van der Waals surface area (Å²) in [6.45, 7) is 3.88. The lowest BCUT2D eigenvalue weighted by atomic mass is 9.91. The van der Waals surface area contributed by atoms with Crippen molar-refractivity contribution in [1.82, 2.24) is 0 Å². The quantitative estimate of drug-likeness (QED) is 0.621. The van der Waals surface area contributed by atoms with Crippen LogP contribution < -0.4 is 0 Å². The summed E-state index contributed by atoms with van der Waals surface area (Å²) in [6, 6.07) is 0. The van der Waals surface area contributed by atoms with Crippen LogP contribution in [0.15, 0.2) is 0 Å². The Morgan fingerprint density at radius 2 is 1.46 bits per heavy atom. The third kappa shape index (κ3) is 3.92. The number of aliphatic carboxylic acids is 2. The number of hydrogen-bond acceptors (Lipinski definition) is 2. The van der Waals surface area contributed by atoms with Crippen LogP contribution in [0.2, 0.25) is 0 Å². The molecule has 0 bridgehead atoms. The van der Waals surface area contributed by atoms with Crippen molar-refractivity contribution < 1.29 is 19.8 Å². The van der Waals surface area contributed by atoms with Crippen molar-refractivity contribution in [3.63, 3.8) is 0 Å². The van der Waals surface area contributed by atoms with Gasteiger partial charge in [-0.15, -0.1) is 0 Å². The van der Waals surface area contributed by atoms with E-state index in [0.29, 0.717) is 0 Å². The predicted molar refractivity (Wildman–Crippen MR) is 47.5 cm³/mol. The molecular formula is C9H16O4. The minimum Gasteiger partial charge on any atom is -0.481 e. The van der Waals surface area contributed by atoms with Crippen molar-refractivity contribution in [2.75, 3.05) is 0 Å². The zero-order valence-electron chi connectivity index (χ0n) is 7.99. The summed E-state index contributed by atoms with van der Waals surface area (Å²) in [7, 11) is 0. The lowest BCUT2D eigenvalue weighted by Gasteiger charge is -2.14. The van der Waals surface area contributed by atoms with Crippen molar-refractivity contribution >= 4 is 11.9 Å². The second kappa shape index (κ2) is 5.56. The van der Waals surface area contributed by atoms with Crippen LogP contribution in [0.5, 0.6) is 0 Å². The fourth-order valence-corrected chi connectivity index (χ4v) is 1.26. The van der Waals surface area contributed by atoms with E-state index in [9.17, 15) is 9.59 Å². The van der Waals surface area contributed by atoms with Gasteiger partial charge in [0.05, 0.1) is 0 Å². The Kier molecular flexibility index (Phi) is 5.11. The molecule has 0 unspecified atom stereocenters. The molecule has 0 spiro atoms. The Bertz CT molecular complexity index is 170. The molecule has 0 saturated heterocycles. The van der Waals surface area contributed by atoms with Gasteiger partial charge in [-0.2, -0.15) is 0 Å². The second-order valence-electron chi connectivity index (χ2n) is 3.15. The van der Waals surface area contributed by atoms with Crippen molar-refractivity contribution in [3.8, 4) is 0 Å². The Morgan fingerprint density at radius 1 is 1.08 bits per heavy atom. The minimum atomic E-state index is -1.25. The highest BCUT2D eigenvalue weighted by atomic mass is 16.4. The van der Waals surface area contributed by atoms with Gasteiger partial charge < -0.3 is 10.2 Å². The molecule has 0 saturated carbocycles. The molecule has 0 aliphatic carbocycles. The molecule has 76 valence electrons. The van der Waals surface area contributed by atoms with Gasteiger partial charge in [-0.25, -0.2) is 0 Å². The standard InChI is InChI=1S/C9H16O4/c1-3-6(4-2)5-7(8(10)11)9(12)13/h6-7H,3-5H2,1-2H3,(H,10,11)(H,12,13). The first-order valence-electron chi connectivity index (χ1n) is 4.48. The molecule has 0 amide bonds. The highest BCUT2D eigenvalue weighted by Crippen LogP contribution is 2.19. The summed E-state index contributed by atoms with van der Waals surface area (Å²) in [4.78, 5) is 21.1. The largest absolute Gasteiger partial charge is 0.481 e. The summed E-state index contributed by atoms with van der Waals surface area (Å²) < 4.78 is 0. The first-order valence-corrected chi connectivity index (χ1v) is 4.48. The molecule has 2 N–H and O–H groups in total. The van der Waals surface area contributed by atoms with E-state index in [2.05, 4.69) is 0 Å². The van der Waals surface area contributed by atoms with Gasteiger partial charge in [-0.3, -0.25) is 9.59 Å². The van der Waals surface area contributed by atoms with Gasteiger partial charge in [0, 0.05) is 0 Å². The maximum Gasteiger partial charge on any atom is 0.317 e. The number of carbonyl (C=O) groups is 2. The number of rotatable bonds is 6. The van der Waals surface area contributed by atoms with Crippen LogP contribution in [0.25, 0.3) is 0 Å². The number of carboxylic acid groups (broad SMARTS) is 2. The highest BCUT2D eigenvalue weighted by molar-refractivity contribution is 5.92. The molecule has 4 heteroatoms. The van der Waals surface area contributed by atoms with Crippen LogP contribution >= 0.6 is 0 Å². The third-order valence-corrected chi connectivity index (χ3v) is 2.32. The Labute approximate surface area is 77.6 Å². The first kappa shape index (κ1) is 11.9. The van der Waals surface area contributed by atoms with Crippen LogP contribution in [0.1, 0.15) is 33.1 Å². The molecule has 13 heavy (non-hydrogen) atoms. The van der Waals surface area contributed by atoms with Crippen molar-refractivity contribution in [2.24, 2.45) is 11.8 Å². The zero-order chi connectivity index (χ0) is 10.4. The van der Waals surface area contributed by atoms with Crippen LogP contribution in [-0.2, 0) is 9.59 Å². The number of carboxylic acids is 2. The van der Waals surface area contributed by atoms with E-state index in [-0.39, 0.29) is 12.3 Å². The molecule has 4 nitrogen and oxygen atoms in total. The molecule has 0 rings (SSSR count). The molecule has 0 aromatic rings. The van der Waals surface area contributed by atoms with Crippen LogP contribution in [-0.4, -0.2) is 22.2 Å². The maximum absolute atomic E-state index is 10.5. The molecule has 0 radical (unpaired) electrons. The topological polar surface area (TPSA) is 74.6 Å². The summed E-state index contributed by atoms with van der Waals surface area (Å²) in [5.74, 6) is -3.53. The molecule has 0 aromatic heterocycles. The smallest absolute Gasteiger partial charge is 0.317 e. The zero-order valence-corrected chi connectivity index (χ0v) is 7.99. The van der Waals surface area contributed by atoms with E-state index in [0.717, 1.165) is 12.8 Å². The summed E-state index contributed by atoms with van der Waals surface area (Å²) >= 11 is 0. The monoisotopic (exact) mass is 188 g/mol. The van der Waals surface area contributed by atoms with Crippen LogP contribution in [0, 0.1) is 11.8 Å². The molecule has 0 fully saturated rings. The Hall–Kier alpha value is -1.06. The summed E-state index contributed by atoms with van der Waals surface area (Å²) in [5, 5.41) is 17.2. The highest BCUT2D eigenvalue weighted by Gasteiger charge is 2.27. The van der Waals surface area contributed by atoms with Crippen molar-refractivity contribution in [2.45, 2.75) is 33.1 Å². The molecule has 0 aromatic carbocycles. The van der Waals surface area contributed by atoms with Crippen molar-refractivity contribution in [1.29, 1.82) is 0 Å². The molecule has 0 aliphatic heterocycles. The SMILES string of the molecule is CCC(CC)CC(C(=O)O)C(=O)O. The van der Waals surface area contributed by atoms with Gasteiger partial charge in [0.2, 0.25) is 0 Å². The molecule has 0 atom stereocenters. The molecule has 0 heterocycles. The van der Waals surface area contributed by atoms with E-state index in [1.807, 2.05) is 13.8 Å². The van der Waals surface area contributed by atoms with E-state index < -0.39 is 17.9 Å². The third-order valence-electron chi connectivity index (χ3n) is 2.32. The Balaban J connectivity index is 4.24. The van der Waals surface area contributed by atoms with Gasteiger partial charge in [-0.1, -0.05) is 26.7 Å². The normalized spacial score (nSPS) is 10.8. The fraction of sp³-hybridized carbons (Fsp3) is 0.778. The van der Waals surface area contributed by atoms with Crippen LogP contribution in [0.3, 0.4) is 0 Å². The predicted octanol–water partition coefficient (Wildman–Crippen LogP) is 1.60. The van der Waals surface area contributed by atoms with E-state index >= 15 is 0 Å². The lowest BCUT2D eigenvalue weighted by molar-refractivity contribution is -0.155. The van der Waals surface area contributed by atoms with Gasteiger partial charge in [0.15, 0.2) is 5.92 Å². The van der Waals surface area contributed by atoms with Gasteiger partial charge in [0.1, 0.15) is 0 Å². The fourth-order valence-electron chi connectivity index (χ4n) is 1.26. The van der Waals surface area contributed by atoms with E-state index in [1.54, 1.807) is 0 Å². The van der Waals surface area contributed by atoms with Gasteiger partial charge in [0.25, 0.3) is 0 Å².